The minimum absolute atomic E-state index is 0.269. The summed E-state index contributed by atoms with van der Waals surface area (Å²) in [6.45, 7) is 4.23. The highest BCUT2D eigenvalue weighted by molar-refractivity contribution is 5.90. The van der Waals surface area contributed by atoms with E-state index in [9.17, 15) is 9.59 Å². The van der Waals surface area contributed by atoms with Crippen molar-refractivity contribution in [3.63, 3.8) is 0 Å². The number of nitrogens with one attached hydrogen (secondary N) is 1. The van der Waals surface area contributed by atoms with Gasteiger partial charge in [0.05, 0.1) is 18.6 Å². The Kier molecular flexibility index (Phi) is 5.96. The number of aromatic nitrogens is 1. The number of hydrogen-bond donors (Lipinski definition) is 2. The molecule has 0 fully saturated rings. The van der Waals surface area contributed by atoms with E-state index in [1.165, 1.54) is 13.3 Å². The van der Waals surface area contributed by atoms with Crippen molar-refractivity contribution in [1.82, 2.24) is 4.98 Å². The summed E-state index contributed by atoms with van der Waals surface area (Å²) in [5.74, 6) is -1.02. The lowest BCUT2D eigenvalue weighted by Gasteiger charge is -2.15. The molecule has 0 aliphatic heterocycles. The fourth-order valence-corrected chi connectivity index (χ4v) is 1.84. The van der Waals surface area contributed by atoms with E-state index in [4.69, 9.17) is 5.11 Å². The van der Waals surface area contributed by atoms with Gasteiger partial charge < -0.3 is 15.2 Å². The van der Waals surface area contributed by atoms with Crippen LogP contribution in [-0.2, 0) is 9.53 Å². The summed E-state index contributed by atoms with van der Waals surface area (Å²) in [6, 6.07) is 3.08. The molecular formula is C14H20N2O4. The SMILES string of the molecule is COC(=O)c1ccnc(NCC(CC(C)C)C(=O)O)c1. The van der Waals surface area contributed by atoms with Gasteiger partial charge in [0.25, 0.3) is 0 Å². The summed E-state index contributed by atoms with van der Waals surface area (Å²) in [6.07, 6.45) is 2.06. The fourth-order valence-electron chi connectivity index (χ4n) is 1.84. The molecule has 0 aliphatic rings. The molecule has 0 spiro atoms. The Labute approximate surface area is 118 Å². The summed E-state index contributed by atoms with van der Waals surface area (Å²) in [5, 5.41) is 12.1. The molecule has 110 valence electrons. The van der Waals surface area contributed by atoms with Crippen molar-refractivity contribution >= 4 is 17.8 Å². The van der Waals surface area contributed by atoms with E-state index in [1.807, 2.05) is 13.8 Å². The van der Waals surface area contributed by atoms with E-state index in [0.717, 1.165) is 0 Å². The zero-order valence-corrected chi connectivity index (χ0v) is 11.9. The van der Waals surface area contributed by atoms with Crippen LogP contribution >= 0.6 is 0 Å². The zero-order chi connectivity index (χ0) is 15.1. The first-order valence-electron chi connectivity index (χ1n) is 6.45. The molecule has 20 heavy (non-hydrogen) atoms. The van der Waals surface area contributed by atoms with Crippen molar-refractivity contribution in [1.29, 1.82) is 0 Å². The lowest BCUT2D eigenvalue weighted by molar-refractivity contribution is -0.141. The quantitative estimate of drug-likeness (QED) is 0.743. The molecule has 2 N–H and O–H groups in total. The molecule has 0 saturated heterocycles. The average Bonchev–Trinajstić information content (AvgIpc) is 2.42. The standard InChI is InChI=1S/C14H20N2O4/c1-9(2)6-11(13(17)18)8-16-12-7-10(4-5-15-12)14(19)20-3/h4-5,7,9,11H,6,8H2,1-3H3,(H,15,16)(H,17,18). The monoisotopic (exact) mass is 280 g/mol. The maximum Gasteiger partial charge on any atom is 0.338 e. The molecule has 0 radical (unpaired) electrons. The lowest BCUT2D eigenvalue weighted by atomic mass is 9.97. The molecule has 0 bridgehead atoms. The minimum Gasteiger partial charge on any atom is -0.481 e. The van der Waals surface area contributed by atoms with E-state index in [0.29, 0.717) is 23.7 Å². The molecule has 1 atom stereocenters. The van der Waals surface area contributed by atoms with Crippen LogP contribution in [0.15, 0.2) is 18.3 Å². The van der Waals surface area contributed by atoms with Crippen molar-refractivity contribution in [3.05, 3.63) is 23.9 Å². The lowest BCUT2D eigenvalue weighted by Crippen LogP contribution is -2.24. The number of aliphatic carboxylic acids is 1. The third kappa shape index (κ3) is 4.87. The Hall–Kier alpha value is -2.11. The second-order valence-electron chi connectivity index (χ2n) is 4.97. The molecular weight excluding hydrogens is 260 g/mol. The Morgan fingerprint density at radius 2 is 2.15 bits per heavy atom. The van der Waals surface area contributed by atoms with Gasteiger partial charge in [0.15, 0.2) is 0 Å². The number of methoxy groups -OCH3 is 1. The number of rotatable bonds is 7. The molecule has 1 aromatic heterocycles. The summed E-state index contributed by atoms with van der Waals surface area (Å²) >= 11 is 0. The van der Waals surface area contributed by atoms with Gasteiger partial charge in [-0.3, -0.25) is 4.79 Å². The van der Waals surface area contributed by atoms with Gasteiger partial charge in [0.1, 0.15) is 5.82 Å². The Balaban J connectivity index is 2.68. The predicted octanol–water partition coefficient (Wildman–Crippen LogP) is 2.03. The van der Waals surface area contributed by atoms with E-state index >= 15 is 0 Å². The number of carboxylic acids is 1. The van der Waals surface area contributed by atoms with E-state index in [1.54, 1.807) is 12.1 Å². The van der Waals surface area contributed by atoms with Gasteiger partial charge in [-0.25, -0.2) is 9.78 Å². The van der Waals surface area contributed by atoms with Crippen LogP contribution in [0.25, 0.3) is 0 Å². The number of esters is 1. The van der Waals surface area contributed by atoms with Crippen molar-refractivity contribution in [3.8, 4) is 0 Å². The summed E-state index contributed by atoms with van der Waals surface area (Å²) in [7, 11) is 1.30. The van der Waals surface area contributed by atoms with Gasteiger partial charge in [0, 0.05) is 12.7 Å². The summed E-state index contributed by atoms with van der Waals surface area (Å²) < 4.78 is 4.62. The molecule has 0 aliphatic carbocycles. The molecule has 1 aromatic rings. The normalized spacial score (nSPS) is 12.0. The van der Waals surface area contributed by atoms with Crippen molar-refractivity contribution in [2.75, 3.05) is 19.0 Å². The number of hydrogen-bond acceptors (Lipinski definition) is 5. The van der Waals surface area contributed by atoms with Crippen LogP contribution in [0.1, 0.15) is 30.6 Å². The first-order chi connectivity index (χ1) is 9.43. The first kappa shape index (κ1) is 15.9. The molecule has 0 amide bonds. The second-order valence-corrected chi connectivity index (χ2v) is 4.97. The van der Waals surface area contributed by atoms with Crippen LogP contribution in [0.4, 0.5) is 5.82 Å². The molecule has 0 aromatic carbocycles. The van der Waals surface area contributed by atoms with Crippen LogP contribution in [-0.4, -0.2) is 35.7 Å². The van der Waals surface area contributed by atoms with Gasteiger partial charge in [-0.05, 0) is 24.5 Å². The maximum absolute atomic E-state index is 11.4. The number of anilines is 1. The van der Waals surface area contributed by atoms with Crippen molar-refractivity contribution < 1.29 is 19.4 Å². The molecule has 6 heteroatoms. The molecule has 1 unspecified atom stereocenters. The fraction of sp³-hybridized carbons (Fsp3) is 0.500. The number of carboxylic acid groups (broad SMARTS) is 1. The predicted molar refractivity (Wildman–Crippen MR) is 74.6 cm³/mol. The Morgan fingerprint density at radius 1 is 1.45 bits per heavy atom. The van der Waals surface area contributed by atoms with Crippen LogP contribution in [0, 0.1) is 11.8 Å². The van der Waals surface area contributed by atoms with Gasteiger partial charge in [-0.2, -0.15) is 0 Å². The average molecular weight is 280 g/mol. The highest BCUT2D eigenvalue weighted by Crippen LogP contribution is 2.14. The Bertz CT molecular complexity index is 474. The number of pyridine rings is 1. The van der Waals surface area contributed by atoms with Crippen LogP contribution in [0.5, 0.6) is 0 Å². The number of ether oxygens (including phenoxy) is 1. The maximum atomic E-state index is 11.4. The number of nitrogens with zero attached hydrogens (tertiary/aromatic N) is 1. The highest BCUT2D eigenvalue weighted by Gasteiger charge is 2.19. The van der Waals surface area contributed by atoms with Crippen LogP contribution in [0.2, 0.25) is 0 Å². The van der Waals surface area contributed by atoms with Gasteiger partial charge >= 0.3 is 11.9 Å². The van der Waals surface area contributed by atoms with E-state index in [2.05, 4.69) is 15.0 Å². The molecule has 6 nitrogen and oxygen atoms in total. The van der Waals surface area contributed by atoms with E-state index < -0.39 is 17.9 Å². The number of carbonyl (C=O) groups excluding carboxylic acids is 1. The Morgan fingerprint density at radius 3 is 2.70 bits per heavy atom. The first-order valence-corrected chi connectivity index (χ1v) is 6.45. The van der Waals surface area contributed by atoms with Crippen LogP contribution < -0.4 is 5.32 Å². The van der Waals surface area contributed by atoms with Gasteiger partial charge in [0.2, 0.25) is 0 Å². The van der Waals surface area contributed by atoms with Crippen molar-refractivity contribution in [2.24, 2.45) is 11.8 Å². The second kappa shape index (κ2) is 7.47. The summed E-state index contributed by atoms with van der Waals surface area (Å²) in [4.78, 5) is 26.6. The van der Waals surface area contributed by atoms with Gasteiger partial charge in [-0.1, -0.05) is 13.8 Å². The topological polar surface area (TPSA) is 88.5 Å². The van der Waals surface area contributed by atoms with Crippen LogP contribution in [0.3, 0.4) is 0 Å². The third-order valence-electron chi connectivity index (χ3n) is 2.82. The largest absolute Gasteiger partial charge is 0.481 e. The highest BCUT2D eigenvalue weighted by atomic mass is 16.5. The zero-order valence-electron chi connectivity index (χ0n) is 11.9. The van der Waals surface area contributed by atoms with Gasteiger partial charge in [-0.15, -0.1) is 0 Å². The molecule has 0 saturated carbocycles. The minimum atomic E-state index is -0.838. The number of carbonyl (C=O) groups is 2. The molecule has 1 heterocycles. The van der Waals surface area contributed by atoms with E-state index in [-0.39, 0.29) is 6.54 Å². The third-order valence-corrected chi connectivity index (χ3v) is 2.82. The van der Waals surface area contributed by atoms with Crippen molar-refractivity contribution in [2.45, 2.75) is 20.3 Å². The summed E-state index contributed by atoms with van der Waals surface area (Å²) in [5.41, 5.74) is 0.376. The smallest absolute Gasteiger partial charge is 0.338 e. The molecule has 1 rings (SSSR count).